The Bertz CT molecular complexity index is 1310. The third kappa shape index (κ3) is 4.91. The van der Waals surface area contributed by atoms with Crippen LogP contribution in [0.15, 0.2) is 82.8 Å². The lowest BCUT2D eigenvalue weighted by Crippen LogP contribution is -2.47. The Labute approximate surface area is 189 Å². The van der Waals surface area contributed by atoms with Crippen LogP contribution in [0.25, 0.3) is 0 Å². The van der Waals surface area contributed by atoms with Gasteiger partial charge in [0.25, 0.3) is 10.0 Å². The number of carbonyl (C=O) groups is 1. The smallest absolute Gasteiger partial charge is 0.258 e. The molecule has 0 saturated heterocycles. The maximum atomic E-state index is 13.9. The summed E-state index contributed by atoms with van der Waals surface area (Å²) in [4.78, 5) is 14.0. The zero-order chi connectivity index (χ0) is 23.6. The number of hydrogen-bond donors (Lipinski definition) is 2. The molecule has 1 unspecified atom stereocenters. The molecule has 4 rings (SSSR count). The van der Waals surface area contributed by atoms with Crippen molar-refractivity contribution >= 4 is 21.8 Å². The number of benzene rings is 3. The molecule has 0 bridgehead atoms. The molecule has 0 radical (unpaired) electrons. The normalized spacial score (nSPS) is 15.9. The lowest BCUT2D eigenvalue weighted by Gasteiger charge is -2.22. The van der Waals surface area contributed by atoms with Crippen LogP contribution in [0.5, 0.6) is 0 Å². The summed E-state index contributed by atoms with van der Waals surface area (Å²) in [6.07, 6.45) is 0.417. The van der Waals surface area contributed by atoms with E-state index < -0.39 is 38.6 Å². The maximum Gasteiger partial charge on any atom is 0.353 e. The van der Waals surface area contributed by atoms with E-state index in [1.165, 1.54) is 0 Å². The van der Waals surface area contributed by atoms with Crippen molar-refractivity contribution in [2.24, 2.45) is 5.10 Å². The molecule has 3 aromatic carbocycles. The highest BCUT2D eigenvalue weighted by Crippen LogP contribution is 2.32. The summed E-state index contributed by atoms with van der Waals surface area (Å²) >= 11 is 0. The molecule has 0 saturated carbocycles. The molecule has 0 aliphatic carbocycles. The van der Waals surface area contributed by atoms with Crippen LogP contribution in [0.3, 0.4) is 0 Å². The Morgan fingerprint density at radius 3 is 2.39 bits per heavy atom. The lowest BCUT2D eigenvalue weighted by molar-refractivity contribution is 0.184. The maximum absolute atomic E-state index is 13.9. The third-order valence-corrected chi connectivity index (χ3v) is 6.44. The standard InChI is InChI=1S/C23H20F2N4O3S/c1-15-7-9-17(10-8-15)21-14-20(16-5-3-2-4-6-16)27-29(21)23(30)26-28-33(31,32)22-12-11-18(24)13-19(22)25/h2-13,21,28H,14H2,1H3,(H,26,30). The van der Waals surface area contributed by atoms with Crippen molar-refractivity contribution < 1.29 is 22.0 Å². The van der Waals surface area contributed by atoms with Crippen molar-refractivity contribution in [3.05, 3.63) is 101 Å². The van der Waals surface area contributed by atoms with Crippen molar-refractivity contribution in [1.29, 1.82) is 0 Å². The number of nitrogens with zero attached hydrogens (tertiary/aromatic N) is 2. The van der Waals surface area contributed by atoms with Gasteiger partial charge >= 0.3 is 6.03 Å². The number of carbonyl (C=O) groups excluding carboxylic acids is 1. The molecule has 1 heterocycles. The minimum absolute atomic E-state index is 0.417. The highest BCUT2D eigenvalue weighted by Gasteiger charge is 2.34. The lowest BCUT2D eigenvalue weighted by atomic mass is 9.98. The third-order valence-electron chi connectivity index (χ3n) is 5.16. The van der Waals surface area contributed by atoms with Gasteiger partial charge in [-0.3, -0.25) is 5.43 Å². The molecule has 3 aromatic rings. The topological polar surface area (TPSA) is 90.9 Å². The van der Waals surface area contributed by atoms with Crippen LogP contribution in [0.4, 0.5) is 13.6 Å². The summed E-state index contributed by atoms with van der Waals surface area (Å²) in [6, 6.07) is 17.6. The number of urea groups is 1. The number of halogens is 2. The first-order valence-corrected chi connectivity index (χ1v) is 11.5. The number of amides is 2. The number of hydrazone groups is 1. The van der Waals surface area contributed by atoms with Gasteiger partial charge in [-0.2, -0.15) is 5.10 Å². The zero-order valence-electron chi connectivity index (χ0n) is 17.5. The first-order chi connectivity index (χ1) is 15.7. The van der Waals surface area contributed by atoms with Gasteiger partial charge in [0, 0.05) is 12.5 Å². The number of hydrogen-bond acceptors (Lipinski definition) is 4. The molecule has 0 aromatic heterocycles. The van der Waals surface area contributed by atoms with Crippen molar-refractivity contribution in [3.63, 3.8) is 0 Å². The van der Waals surface area contributed by atoms with Crippen molar-refractivity contribution in [3.8, 4) is 0 Å². The Hall–Kier alpha value is -3.63. The molecule has 10 heteroatoms. The van der Waals surface area contributed by atoms with Crippen LogP contribution in [0.2, 0.25) is 0 Å². The van der Waals surface area contributed by atoms with Gasteiger partial charge in [0.2, 0.25) is 0 Å². The molecule has 7 nitrogen and oxygen atoms in total. The van der Waals surface area contributed by atoms with E-state index in [4.69, 9.17) is 0 Å². The summed E-state index contributed by atoms with van der Waals surface area (Å²) < 4.78 is 51.9. The Balaban J connectivity index is 1.58. The van der Waals surface area contributed by atoms with E-state index in [1.807, 2.05) is 66.4 Å². The van der Waals surface area contributed by atoms with E-state index in [-0.39, 0.29) is 0 Å². The van der Waals surface area contributed by atoms with Gasteiger partial charge in [-0.25, -0.2) is 27.0 Å². The van der Waals surface area contributed by atoms with E-state index >= 15 is 0 Å². The molecule has 1 aliphatic rings. The summed E-state index contributed by atoms with van der Waals surface area (Å²) in [5.41, 5.74) is 5.42. The van der Waals surface area contributed by atoms with E-state index in [9.17, 15) is 22.0 Å². The molecule has 2 amide bonds. The number of hydrazine groups is 1. The van der Waals surface area contributed by atoms with E-state index in [0.29, 0.717) is 18.2 Å². The summed E-state index contributed by atoms with van der Waals surface area (Å²) in [6.45, 7) is 1.94. The molecule has 2 N–H and O–H groups in total. The Morgan fingerprint density at radius 1 is 1.03 bits per heavy atom. The van der Waals surface area contributed by atoms with Crippen LogP contribution in [0, 0.1) is 18.6 Å². The molecular formula is C23H20F2N4O3S. The molecule has 170 valence electrons. The van der Waals surface area contributed by atoms with E-state index in [1.54, 1.807) is 0 Å². The molecule has 33 heavy (non-hydrogen) atoms. The molecule has 1 aliphatic heterocycles. The largest absolute Gasteiger partial charge is 0.353 e. The van der Waals surface area contributed by atoms with Crippen LogP contribution >= 0.6 is 0 Å². The average Bonchev–Trinajstić information content (AvgIpc) is 3.24. The average molecular weight is 471 g/mol. The van der Waals surface area contributed by atoms with Gasteiger partial charge in [0.15, 0.2) is 0 Å². The fourth-order valence-electron chi connectivity index (χ4n) is 3.47. The number of aryl methyl sites for hydroxylation is 1. The predicted molar refractivity (Wildman–Crippen MR) is 119 cm³/mol. The SMILES string of the molecule is Cc1ccc(C2CC(c3ccccc3)=NN2C(=O)NNS(=O)(=O)c2ccc(F)cc2F)cc1. The second-order valence-electron chi connectivity index (χ2n) is 7.50. The highest BCUT2D eigenvalue weighted by atomic mass is 32.2. The van der Waals surface area contributed by atoms with Crippen LogP contribution < -0.4 is 10.3 Å². The van der Waals surface area contributed by atoms with Crippen molar-refractivity contribution in [1.82, 2.24) is 15.3 Å². The fraction of sp³-hybridized carbons (Fsp3) is 0.130. The van der Waals surface area contributed by atoms with Crippen LogP contribution in [0.1, 0.15) is 29.2 Å². The molecular weight excluding hydrogens is 450 g/mol. The van der Waals surface area contributed by atoms with Gasteiger partial charge in [-0.15, -0.1) is 4.83 Å². The second-order valence-corrected chi connectivity index (χ2v) is 9.15. The van der Waals surface area contributed by atoms with E-state index in [0.717, 1.165) is 33.8 Å². The molecule has 0 fully saturated rings. The monoisotopic (exact) mass is 470 g/mol. The van der Waals surface area contributed by atoms with Crippen molar-refractivity contribution in [2.45, 2.75) is 24.3 Å². The predicted octanol–water partition coefficient (Wildman–Crippen LogP) is 4.03. The summed E-state index contributed by atoms with van der Waals surface area (Å²) in [7, 11) is -4.48. The quantitative estimate of drug-likeness (QED) is 0.552. The van der Waals surface area contributed by atoms with Crippen LogP contribution in [-0.4, -0.2) is 25.2 Å². The zero-order valence-corrected chi connectivity index (χ0v) is 18.3. The first-order valence-electron chi connectivity index (χ1n) is 10.00. The highest BCUT2D eigenvalue weighted by molar-refractivity contribution is 7.89. The van der Waals surface area contributed by atoms with Gasteiger partial charge in [0.1, 0.15) is 16.5 Å². The molecule has 1 atom stereocenters. The van der Waals surface area contributed by atoms with Gasteiger partial charge < -0.3 is 0 Å². The Kier molecular flexibility index (Phi) is 6.21. The summed E-state index contributed by atoms with van der Waals surface area (Å²) in [5, 5.41) is 5.57. The first kappa shape index (κ1) is 22.6. The second kappa shape index (κ2) is 9.08. The fourth-order valence-corrected chi connectivity index (χ4v) is 4.36. The van der Waals surface area contributed by atoms with Gasteiger partial charge in [-0.05, 0) is 30.2 Å². The number of sulfonamides is 1. The van der Waals surface area contributed by atoms with Gasteiger partial charge in [0.05, 0.1) is 11.8 Å². The van der Waals surface area contributed by atoms with Crippen molar-refractivity contribution in [2.75, 3.05) is 0 Å². The van der Waals surface area contributed by atoms with Gasteiger partial charge in [-0.1, -0.05) is 60.2 Å². The van der Waals surface area contributed by atoms with E-state index in [2.05, 4.69) is 10.5 Å². The number of nitrogens with one attached hydrogen (secondary N) is 2. The Morgan fingerprint density at radius 2 is 1.73 bits per heavy atom. The minimum atomic E-state index is -4.48. The van der Waals surface area contributed by atoms with Crippen LogP contribution in [-0.2, 0) is 10.0 Å². The number of rotatable bonds is 5. The molecule has 0 spiro atoms. The minimum Gasteiger partial charge on any atom is -0.258 e. The summed E-state index contributed by atoms with van der Waals surface area (Å²) in [5.74, 6) is -2.20.